The largest absolute Gasteiger partial charge is 0.349 e. The molecule has 2 nitrogen and oxygen atoms in total. The molecule has 0 spiro atoms. The predicted molar refractivity (Wildman–Crippen MR) is 96.0 cm³/mol. The van der Waals surface area contributed by atoms with Crippen molar-refractivity contribution < 1.29 is 4.74 Å². The number of halogens is 1. The Balaban J connectivity index is 1.78. The highest BCUT2D eigenvalue weighted by molar-refractivity contribution is 6.30. The first-order chi connectivity index (χ1) is 11.0. The molecule has 1 saturated heterocycles. The Kier molecular flexibility index (Phi) is 3.29. The molecule has 1 atom stereocenters. The summed E-state index contributed by atoms with van der Waals surface area (Å²) >= 11 is 5.98. The number of hydrogen-bond acceptors (Lipinski definition) is 2. The number of ether oxygens (including phenoxy) is 1. The lowest BCUT2D eigenvalue weighted by Gasteiger charge is -2.39. The topological polar surface area (TPSA) is 12.5 Å². The average Bonchev–Trinajstić information content (AvgIpc) is 3.06. The molecule has 0 N–H and O–H groups in total. The van der Waals surface area contributed by atoms with Crippen LogP contribution in [-0.4, -0.2) is 18.9 Å². The molecule has 1 unspecified atom stereocenters. The first-order valence-electron chi connectivity index (χ1n) is 8.00. The van der Waals surface area contributed by atoms with Gasteiger partial charge in [-0.3, -0.25) is 0 Å². The van der Waals surface area contributed by atoms with Gasteiger partial charge in [0.15, 0.2) is 5.72 Å². The van der Waals surface area contributed by atoms with Crippen molar-refractivity contribution in [2.45, 2.75) is 25.0 Å². The molecule has 3 heteroatoms. The summed E-state index contributed by atoms with van der Waals surface area (Å²) in [6, 6.07) is 16.5. The van der Waals surface area contributed by atoms with Crippen molar-refractivity contribution in [3.8, 4) is 0 Å². The fourth-order valence-electron chi connectivity index (χ4n) is 3.91. The summed E-state index contributed by atoms with van der Waals surface area (Å²) in [6.45, 7) is 6.21. The lowest BCUT2D eigenvalue weighted by molar-refractivity contribution is 0.000337. The van der Waals surface area contributed by atoms with Gasteiger partial charge in [-0.25, -0.2) is 0 Å². The zero-order valence-electron chi connectivity index (χ0n) is 13.4. The van der Waals surface area contributed by atoms with E-state index in [1.807, 2.05) is 24.3 Å². The van der Waals surface area contributed by atoms with Crippen molar-refractivity contribution in [1.82, 2.24) is 0 Å². The van der Waals surface area contributed by atoms with Crippen LogP contribution < -0.4 is 4.90 Å². The molecule has 1 fully saturated rings. The number of nitrogens with zero attached hydrogens (tertiary/aromatic N) is 1. The molecule has 0 amide bonds. The lowest BCUT2D eigenvalue weighted by Crippen LogP contribution is -2.51. The number of para-hydroxylation sites is 1. The minimum Gasteiger partial charge on any atom is -0.349 e. The highest BCUT2D eigenvalue weighted by atomic mass is 35.5. The van der Waals surface area contributed by atoms with Crippen molar-refractivity contribution in [3.63, 3.8) is 0 Å². The summed E-state index contributed by atoms with van der Waals surface area (Å²) in [7, 11) is 0. The average molecular weight is 326 g/mol. The van der Waals surface area contributed by atoms with Crippen molar-refractivity contribution in [2.75, 3.05) is 18.1 Å². The Morgan fingerprint density at radius 2 is 1.83 bits per heavy atom. The van der Waals surface area contributed by atoms with Crippen LogP contribution in [-0.2, 0) is 10.2 Å². The van der Waals surface area contributed by atoms with Crippen LogP contribution in [0.1, 0.15) is 25.0 Å². The van der Waals surface area contributed by atoms with Gasteiger partial charge in [-0.2, -0.15) is 0 Å². The van der Waals surface area contributed by atoms with Crippen LogP contribution in [0.3, 0.4) is 0 Å². The Bertz CT molecular complexity index is 765. The number of hydrogen-bond donors (Lipinski definition) is 0. The molecular formula is C20H20ClNO. The van der Waals surface area contributed by atoms with E-state index in [9.17, 15) is 0 Å². The maximum atomic E-state index is 6.32. The predicted octanol–water partition coefficient (Wildman–Crippen LogP) is 4.88. The van der Waals surface area contributed by atoms with Gasteiger partial charge in [-0.1, -0.05) is 61.9 Å². The van der Waals surface area contributed by atoms with Gasteiger partial charge >= 0.3 is 0 Å². The number of fused-ring (bicyclic) bond motifs is 3. The van der Waals surface area contributed by atoms with E-state index in [2.05, 4.69) is 55.2 Å². The molecule has 2 aliphatic rings. The van der Waals surface area contributed by atoms with Gasteiger partial charge < -0.3 is 9.64 Å². The summed E-state index contributed by atoms with van der Waals surface area (Å²) in [5, 5.41) is 0.757. The van der Waals surface area contributed by atoms with E-state index in [-0.39, 0.29) is 5.41 Å². The smallest absolute Gasteiger partial charge is 0.170 e. The van der Waals surface area contributed by atoms with Crippen molar-refractivity contribution >= 4 is 23.4 Å². The van der Waals surface area contributed by atoms with Crippen LogP contribution >= 0.6 is 11.6 Å². The zero-order valence-corrected chi connectivity index (χ0v) is 14.2. The van der Waals surface area contributed by atoms with E-state index in [4.69, 9.17) is 16.3 Å². The molecule has 2 aliphatic heterocycles. The molecular weight excluding hydrogens is 306 g/mol. The summed E-state index contributed by atoms with van der Waals surface area (Å²) in [5.41, 5.74) is 3.24. The third-order valence-corrected chi connectivity index (χ3v) is 5.43. The summed E-state index contributed by atoms with van der Waals surface area (Å²) in [4.78, 5) is 2.40. The van der Waals surface area contributed by atoms with Gasteiger partial charge in [0.25, 0.3) is 0 Å². The third-order valence-electron chi connectivity index (χ3n) is 5.17. The molecule has 0 radical (unpaired) electrons. The van der Waals surface area contributed by atoms with E-state index in [0.29, 0.717) is 0 Å². The van der Waals surface area contributed by atoms with Crippen LogP contribution in [0.15, 0.2) is 54.6 Å². The van der Waals surface area contributed by atoms with Gasteiger partial charge in [-0.15, -0.1) is 0 Å². The van der Waals surface area contributed by atoms with Gasteiger partial charge in [0.05, 0.1) is 6.61 Å². The normalized spacial score (nSPS) is 24.9. The Hall–Kier alpha value is -1.77. The number of anilines is 1. The van der Waals surface area contributed by atoms with Crippen LogP contribution in [0.25, 0.3) is 6.08 Å². The van der Waals surface area contributed by atoms with Crippen molar-refractivity contribution in [2.24, 2.45) is 0 Å². The lowest BCUT2D eigenvalue weighted by atomic mass is 9.77. The van der Waals surface area contributed by atoms with Crippen LogP contribution in [0.4, 0.5) is 5.69 Å². The van der Waals surface area contributed by atoms with E-state index < -0.39 is 5.72 Å². The van der Waals surface area contributed by atoms with Gasteiger partial charge in [0.2, 0.25) is 0 Å². The van der Waals surface area contributed by atoms with Crippen LogP contribution in [0.5, 0.6) is 0 Å². The van der Waals surface area contributed by atoms with E-state index in [1.54, 1.807) is 0 Å². The highest BCUT2D eigenvalue weighted by Gasteiger charge is 2.58. The minimum absolute atomic E-state index is 0.108. The quantitative estimate of drug-likeness (QED) is 0.780. The van der Waals surface area contributed by atoms with Crippen LogP contribution in [0.2, 0.25) is 5.02 Å². The van der Waals surface area contributed by atoms with Gasteiger partial charge in [0, 0.05) is 22.7 Å². The standard InChI is InChI=1S/C20H20ClNO/c1-19(2)17-5-3-4-6-18(17)22-13-14-23-20(19,22)12-11-15-7-9-16(21)10-8-15/h3-12H,13-14H2,1-2H3/b12-11+. The molecule has 0 bridgehead atoms. The summed E-state index contributed by atoms with van der Waals surface area (Å²) in [6.07, 6.45) is 4.35. The second kappa shape index (κ2) is 5.12. The number of rotatable bonds is 2. The third kappa shape index (κ3) is 2.05. The molecule has 4 rings (SSSR count). The molecule has 23 heavy (non-hydrogen) atoms. The van der Waals surface area contributed by atoms with Crippen molar-refractivity contribution in [3.05, 3.63) is 70.8 Å². The fourth-order valence-corrected chi connectivity index (χ4v) is 4.04. The van der Waals surface area contributed by atoms with Crippen LogP contribution in [0, 0.1) is 0 Å². The SMILES string of the molecule is CC1(C)c2ccccc2N2CCOC21/C=C/c1ccc(Cl)cc1. The molecule has 2 heterocycles. The monoisotopic (exact) mass is 325 g/mol. The summed E-state index contributed by atoms with van der Waals surface area (Å²) in [5.74, 6) is 0. The first kappa shape index (κ1) is 14.8. The molecule has 118 valence electrons. The maximum Gasteiger partial charge on any atom is 0.170 e. The second-order valence-electron chi connectivity index (χ2n) is 6.72. The molecule has 2 aromatic carbocycles. The molecule has 0 aliphatic carbocycles. The fraction of sp³-hybridized carbons (Fsp3) is 0.300. The van der Waals surface area contributed by atoms with Gasteiger partial charge in [-0.05, 0) is 35.4 Å². The molecule has 2 aromatic rings. The zero-order chi connectivity index (χ0) is 16.1. The first-order valence-corrected chi connectivity index (χ1v) is 8.38. The number of benzene rings is 2. The summed E-state index contributed by atoms with van der Waals surface area (Å²) < 4.78 is 6.32. The Morgan fingerprint density at radius 3 is 2.61 bits per heavy atom. The minimum atomic E-state index is -0.420. The molecule has 0 aromatic heterocycles. The van der Waals surface area contributed by atoms with Gasteiger partial charge in [0.1, 0.15) is 0 Å². The Labute approximate surface area is 142 Å². The van der Waals surface area contributed by atoms with E-state index in [1.165, 1.54) is 11.3 Å². The van der Waals surface area contributed by atoms with E-state index in [0.717, 1.165) is 23.7 Å². The van der Waals surface area contributed by atoms with E-state index >= 15 is 0 Å². The Morgan fingerprint density at radius 1 is 1.09 bits per heavy atom. The highest BCUT2D eigenvalue weighted by Crippen LogP contribution is 2.54. The van der Waals surface area contributed by atoms with Crippen molar-refractivity contribution in [1.29, 1.82) is 0 Å². The second-order valence-corrected chi connectivity index (χ2v) is 7.16. The molecule has 0 saturated carbocycles. The maximum absolute atomic E-state index is 6.32.